The minimum absolute atomic E-state index is 0.0117. The quantitative estimate of drug-likeness (QED) is 0.667. The van der Waals surface area contributed by atoms with Crippen molar-refractivity contribution in [2.45, 2.75) is 58.4 Å². The number of hydrogen-bond donors (Lipinski definition) is 0. The molecule has 2 heterocycles. The molecule has 2 bridgehead atoms. The normalized spacial score (nSPS) is 42.6. The molecule has 1 saturated carbocycles. The maximum absolute atomic E-state index is 11.9. The van der Waals surface area contributed by atoms with Crippen molar-refractivity contribution in [3.05, 3.63) is 0 Å². The minimum atomic E-state index is -0.236. The maximum atomic E-state index is 11.9. The van der Waals surface area contributed by atoms with E-state index in [0.29, 0.717) is 32.2 Å². The van der Waals surface area contributed by atoms with Crippen molar-refractivity contribution in [3.8, 4) is 0 Å². The van der Waals surface area contributed by atoms with Crippen LogP contribution in [0.15, 0.2) is 0 Å². The first-order chi connectivity index (χ1) is 10.7. The number of rotatable bonds is 7. The molecule has 0 aromatic carbocycles. The Morgan fingerprint density at radius 3 is 2.50 bits per heavy atom. The van der Waals surface area contributed by atoms with Crippen LogP contribution in [0.25, 0.3) is 0 Å². The predicted octanol–water partition coefficient (Wildman–Crippen LogP) is 1.71. The Morgan fingerprint density at radius 2 is 1.82 bits per heavy atom. The molecule has 7 atom stereocenters. The van der Waals surface area contributed by atoms with Crippen LogP contribution in [0.4, 0.5) is 0 Å². The summed E-state index contributed by atoms with van der Waals surface area (Å²) in [7, 11) is 0. The van der Waals surface area contributed by atoms with Gasteiger partial charge in [0, 0.05) is 37.4 Å². The summed E-state index contributed by atoms with van der Waals surface area (Å²) in [5.41, 5.74) is 0. The van der Waals surface area contributed by atoms with Crippen molar-refractivity contribution < 1.29 is 28.5 Å². The second kappa shape index (κ2) is 6.83. The zero-order valence-corrected chi connectivity index (χ0v) is 13.5. The van der Waals surface area contributed by atoms with Gasteiger partial charge in [0.25, 0.3) is 0 Å². The van der Waals surface area contributed by atoms with Crippen LogP contribution in [0.5, 0.6) is 0 Å². The number of carbonyl (C=O) groups is 1. The second-order valence-electron chi connectivity index (χ2n) is 6.06. The zero-order chi connectivity index (χ0) is 15.7. The molecule has 6 heteroatoms. The van der Waals surface area contributed by atoms with Crippen molar-refractivity contribution in [1.82, 2.24) is 0 Å². The number of hydrogen-bond acceptors (Lipinski definition) is 6. The summed E-state index contributed by atoms with van der Waals surface area (Å²) in [6.45, 7) is 7.41. The SMILES string of the molecule is CCOC(=O)C[C@H]1[C@H]2O[C@H](OCC)[C@@H]1[C@@H]1C[C@@H](OCC)O[C@@H]12. The van der Waals surface area contributed by atoms with Crippen molar-refractivity contribution in [1.29, 1.82) is 0 Å². The van der Waals surface area contributed by atoms with Crippen LogP contribution < -0.4 is 0 Å². The molecule has 0 unspecified atom stereocenters. The predicted molar refractivity (Wildman–Crippen MR) is 76.9 cm³/mol. The lowest BCUT2D eigenvalue weighted by atomic mass is 9.86. The molecule has 3 aliphatic rings. The van der Waals surface area contributed by atoms with Crippen LogP contribution in [-0.4, -0.2) is 50.6 Å². The molecule has 1 aliphatic carbocycles. The largest absolute Gasteiger partial charge is 0.466 e. The Labute approximate surface area is 131 Å². The summed E-state index contributed by atoms with van der Waals surface area (Å²) in [6, 6.07) is 0. The molecule has 0 amide bonds. The smallest absolute Gasteiger partial charge is 0.306 e. The van der Waals surface area contributed by atoms with Crippen LogP contribution in [0, 0.1) is 17.8 Å². The lowest BCUT2D eigenvalue weighted by Gasteiger charge is -2.29. The first kappa shape index (κ1) is 16.2. The second-order valence-corrected chi connectivity index (χ2v) is 6.06. The molecular formula is C16H26O6. The van der Waals surface area contributed by atoms with E-state index in [2.05, 4.69) is 0 Å². The highest BCUT2D eigenvalue weighted by Gasteiger charge is 2.64. The Balaban J connectivity index is 1.70. The Hall–Kier alpha value is -0.690. The van der Waals surface area contributed by atoms with Gasteiger partial charge in [0.2, 0.25) is 0 Å². The minimum Gasteiger partial charge on any atom is -0.466 e. The molecule has 3 fully saturated rings. The van der Waals surface area contributed by atoms with Crippen molar-refractivity contribution >= 4 is 5.97 Å². The van der Waals surface area contributed by atoms with E-state index in [9.17, 15) is 4.79 Å². The lowest BCUT2D eigenvalue weighted by molar-refractivity contribution is -0.216. The van der Waals surface area contributed by atoms with Gasteiger partial charge in [-0.05, 0) is 20.8 Å². The molecule has 3 rings (SSSR count). The van der Waals surface area contributed by atoms with Crippen LogP contribution in [0.2, 0.25) is 0 Å². The molecular weight excluding hydrogens is 288 g/mol. The van der Waals surface area contributed by atoms with Crippen LogP contribution in [0.1, 0.15) is 33.6 Å². The van der Waals surface area contributed by atoms with Gasteiger partial charge in [-0.2, -0.15) is 0 Å². The molecule has 6 nitrogen and oxygen atoms in total. The molecule has 0 aromatic rings. The summed E-state index contributed by atoms with van der Waals surface area (Å²) >= 11 is 0. The highest BCUT2D eigenvalue weighted by molar-refractivity contribution is 5.70. The fourth-order valence-corrected chi connectivity index (χ4v) is 4.27. The third-order valence-corrected chi connectivity index (χ3v) is 4.93. The number of esters is 1. The molecule has 22 heavy (non-hydrogen) atoms. The number of ether oxygens (including phenoxy) is 5. The van der Waals surface area contributed by atoms with E-state index in [1.807, 2.05) is 20.8 Å². The number of fused-ring (bicyclic) bond motifs is 5. The average Bonchev–Trinajstić information content (AvgIpc) is 3.09. The average molecular weight is 314 g/mol. The third-order valence-electron chi connectivity index (χ3n) is 4.93. The van der Waals surface area contributed by atoms with Gasteiger partial charge >= 0.3 is 5.97 Å². The van der Waals surface area contributed by atoms with Gasteiger partial charge in [-0.25, -0.2) is 0 Å². The van der Waals surface area contributed by atoms with Gasteiger partial charge in [0.05, 0.1) is 25.2 Å². The highest BCUT2D eigenvalue weighted by atomic mass is 16.7. The Morgan fingerprint density at radius 1 is 1.05 bits per heavy atom. The summed E-state index contributed by atoms with van der Waals surface area (Å²) < 4.78 is 28.5. The van der Waals surface area contributed by atoms with Crippen LogP contribution in [-0.2, 0) is 28.5 Å². The monoisotopic (exact) mass is 314 g/mol. The fourth-order valence-electron chi connectivity index (χ4n) is 4.27. The van der Waals surface area contributed by atoms with Gasteiger partial charge in [-0.3, -0.25) is 4.79 Å². The van der Waals surface area contributed by atoms with Gasteiger partial charge in [0.1, 0.15) is 0 Å². The van der Waals surface area contributed by atoms with Gasteiger partial charge in [0.15, 0.2) is 12.6 Å². The third kappa shape index (κ3) is 2.77. The highest BCUT2D eigenvalue weighted by Crippen LogP contribution is 2.56. The molecule has 0 aromatic heterocycles. The molecule has 0 spiro atoms. The molecule has 126 valence electrons. The van der Waals surface area contributed by atoms with Crippen molar-refractivity contribution in [2.24, 2.45) is 17.8 Å². The number of carbonyl (C=O) groups excluding carboxylic acids is 1. The topological polar surface area (TPSA) is 63.2 Å². The van der Waals surface area contributed by atoms with E-state index in [0.717, 1.165) is 6.42 Å². The summed E-state index contributed by atoms with van der Waals surface area (Å²) in [4.78, 5) is 11.9. The standard InChI is InChI=1S/C16H26O6/c1-4-18-11(17)7-9-13-10-8-12(19-5-2)21-14(10)15(9)22-16(13)20-6-3/h9-10,12-16H,4-8H2,1-3H3/t9-,10+,12+,13+,14+,15-,16+/m1/s1. The van der Waals surface area contributed by atoms with Crippen molar-refractivity contribution in [3.63, 3.8) is 0 Å². The molecule has 2 aliphatic heterocycles. The maximum Gasteiger partial charge on any atom is 0.306 e. The van der Waals surface area contributed by atoms with E-state index in [-0.39, 0.29) is 42.6 Å². The molecule has 2 saturated heterocycles. The van der Waals surface area contributed by atoms with E-state index in [1.54, 1.807) is 0 Å². The zero-order valence-electron chi connectivity index (χ0n) is 13.5. The van der Waals surface area contributed by atoms with Gasteiger partial charge in [-0.15, -0.1) is 0 Å². The first-order valence-electron chi connectivity index (χ1n) is 8.39. The summed E-state index contributed by atoms with van der Waals surface area (Å²) in [5, 5.41) is 0. The van der Waals surface area contributed by atoms with E-state index in [4.69, 9.17) is 23.7 Å². The van der Waals surface area contributed by atoms with E-state index < -0.39 is 0 Å². The van der Waals surface area contributed by atoms with Crippen molar-refractivity contribution in [2.75, 3.05) is 19.8 Å². The van der Waals surface area contributed by atoms with E-state index in [1.165, 1.54) is 0 Å². The van der Waals surface area contributed by atoms with Gasteiger partial charge < -0.3 is 23.7 Å². The first-order valence-corrected chi connectivity index (χ1v) is 8.39. The van der Waals surface area contributed by atoms with Crippen LogP contribution in [0.3, 0.4) is 0 Å². The molecule has 0 N–H and O–H groups in total. The summed E-state index contributed by atoms with van der Waals surface area (Å²) in [6.07, 6.45) is 0.755. The van der Waals surface area contributed by atoms with E-state index >= 15 is 0 Å². The lowest BCUT2D eigenvalue weighted by Crippen LogP contribution is -2.38. The fraction of sp³-hybridized carbons (Fsp3) is 0.938. The Kier molecular flexibility index (Phi) is 5.02. The van der Waals surface area contributed by atoms with Gasteiger partial charge in [-0.1, -0.05) is 0 Å². The summed E-state index contributed by atoms with van der Waals surface area (Å²) in [5.74, 6) is 0.480. The van der Waals surface area contributed by atoms with Crippen LogP contribution >= 0.6 is 0 Å². The molecule has 0 radical (unpaired) electrons. The Bertz CT molecular complexity index is 400.